The van der Waals surface area contributed by atoms with E-state index in [9.17, 15) is 4.79 Å². The Kier molecular flexibility index (Phi) is 5.43. The Labute approximate surface area is 152 Å². The van der Waals surface area contributed by atoms with Crippen LogP contribution in [0, 0.1) is 6.92 Å². The summed E-state index contributed by atoms with van der Waals surface area (Å²) in [5.41, 5.74) is 3.34. The van der Waals surface area contributed by atoms with Crippen LogP contribution < -0.4 is 15.4 Å². The van der Waals surface area contributed by atoms with Crippen molar-refractivity contribution in [3.63, 3.8) is 0 Å². The molecule has 26 heavy (non-hydrogen) atoms. The summed E-state index contributed by atoms with van der Waals surface area (Å²) in [4.78, 5) is 20.6. The monoisotopic (exact) mass is 348 g/mol. The number of anilines is 2. The summed E-state index contributed by atoms with van der Waals surface area (Å²) in [6.07, 6.45) is 1.36. The highest BCUT2D eigenvalue weighted by Gasteiger charge is 2.09. The molecule has 0 saturated carbocycles. The first kappa shape index (κ1) is 17.4. The molecule has 2 aromatic carbocycles. The van der Waals surface area contributed by atoms with E-state index in [1.54, 1.807) is 13.2 Å². The van der Waals surface area contributed by atoms with Gasteiger partial charge < -0.3 is 15.4 Å². The summed E-state index contributed by atoms with van der Waals surface area (Å²) >= 11 is 0. The molecular formula is C20H20N4O2. The number of aryl methyl sites for hydroxylation is 1. The van der Waals surface area contributed by atoms with Gasteiger partial charge in [0.25, 0.3) is 5.91 Å². The lowest BCUT2D eigenvalue weighted by molar-refractivity contribution is 0.0946. The summed E-state index contributed by atoms with van der Waals surface area (Å²) in [7, 11) is 1.61. The van der Waals surface area contributed by atoms with Gasteiger partial charge in [0.05, 0.1) is 7.11 Å². The molecule has 0 aliphatic carbocycles. The number of hydrogen-bond donors (Lipinski definition) is 2. The maximum Gasteiger partial charge on any atom is 0.270 e. The lowest BCUT2D eigenvalue weighted by Crippen LogP contribution is -2.24. The van der Waals surface area contributed by atoms with E-state index in [1.807, 2.05) is 55.5 Å². The minimum atomic E-state index is -0.248. The Morgan fingerprint density at radius 2 is 1.88 bits per heavy atom. The molecule has 1 heterocycles. The molecule has 0 saturated heterocycles. The van der Waals surface area contributed by atoms with Crippen molar-refractivity contribution in [2.45, 2.75) is 13.5 Å². The molecule has 3 aromatic rings. The van der Waals surface area contributed by atoms with Gasteiger partial charge in [-0.15, -0.1) is 0 Å². The molecule has 6 heteroatoms. The number of nitrogens with one attached hydrogen (secondary N) is 2. The number of aromatic nitrogens is 2. The lowest BCUT2D eigenvalue weighted by Gasteiger charge is -2.09. The molecule has 0 aliphatic rings. The number of benzene rings is 2. The van der Waals surface area contributed by atoms with Crippen LogP contribution in [0.1, 0.15) is 21.6 Å². The summed E-state index contributed by atoms with van der Waals surface area (Å²) in [5.74, 6) is 1.02. The standard InChI is InChI=1S/C20H20N4O2/c1-14-6-8-15(9-7-14)12-21-20(25)18-11-19(23-13-22-18)24-16-4-3-5-17(10-16)26-2/h3-11,13H,12H2,1-2H3,(H,21,25)(H,22,23,24). The molecule has 0 unspecified atom stereocenters. The van der Waals surface area contributed by atoms with Crippen LogP contribution in [0.4, 0.5) is 11.5 Å². The first-order chi connectivity index (χ1) is 12.6. The average molecular weight is 348 g/mol. The molecule has 1 aromatic heterocycles. The molecule has 0 spiro atoms. The summed E-state index contributed by atoms with van der Waals surface area (Å²) in [6, 6.07) is 17.1. The third-order valence-electron chi connectivity index (χ3n) is 3.82. The van der Waals surface area contributed by atoms with Crippen LogP contribution in [-0.2, 0) is 6.54 Å². The van der Waals surface area contributed by atoms with E-state index in [2.05, 4.69) is 20.6 Å². The highest BCUT2D eigenvalue weighted by Crippen LogP contribution is 2.20. The van der Waals surface area contributed by atoms with Crippen LogP contribution in [0.15, 0.2) is 60.9 Å². The molecular weight excluding hydrogens is 328 g/mol. The Bertz CT molecular complexity index is 894. The number of rotatable bonds is 6. The van der Waals surface area contributed by atoms with Crippen molar-refractivity contribution in [2.24, 2.45) is 0 Å². The van der Waals surface area contributed by atoms with Crippen molar-refractivity contribution in [3.05, 3.63) is 77.7 Å². The van der Waals surface area contributed by atoms with Gasteiger partial charge >= 0.3 is 0 Å². The largest absolute Gasteiger partial charge is 0.497 e. The molecule has 0 radical (unpaired) electrons. The highest BCUT2D eigenvalue weighted by atomic mass is 16.5. The molecule has 0 aliphatic heterocycles. The van der Waals surface area contributed by atoms with E-state index in [-0.39, 0.29) is 5.91 Å². The van der Waals surface area contributed by atoms with Crippen molar-refractivity contribution < 1.29 is 9.53 Å². The van der Waals surface area contributed by atoms with E-state index in [0.29, 0.717) is 18.1 Å². The van der Waals surface area contributed by atoms with Gasteiger partial charge in [-0.05, 0) is 24.6 Å². The SMILES string of the molecule is COc1cccc(Nc2cc(C(=O)NCc3ccc(C)cc3)ncn2)c1. The number of carbonyl (C=O) groups is 1. The third kappa shape index (κ3) is 4.57. The Balaban J connectivity index is 1.65. The van der Waals surface area contributed by atoms with E-state index < -0.39 is 0 Å². The minimum absolute atomic E-state index is 0.248. The number of ether oxygens (including phenoxy) is 1. The minimum Gasteiger partial charge on any atom is -0.497 e. The molecule has 6 nitrogen and oxygen atoms in total. The first-order valence-electron chi connectivity index (χ1n) is 8.21. The second kappa shape index (κ2) is 8.11. The van der Waals surface area contributed by atoms with Crippen molar-refractivity contribution in [1.82, 2.24) is 15.3 Å². The molecule has 132 valence electrons. The van der Waals surface area contributed by atoms with Gasteiger partial charge in [0.15, 0.2) is 0 Å². The highest BCUT2D eigenvalue weighted by molar-refractivity contribution is 5.92. The van der Waals surface area contributed by atoms with Gasteiger partial charge in [-0.3, -0.25) is 4.79 Å². The van der Waals surface area contributed by atoms with E-state index in [4.69, 9.17) is 4.74 Å². The molecule has 0 bridgehead atoms. The zero-order valence-electron chi connectivity index (χ0n) is 14.7. The van der Waals surface area contributed by atoms with E-state index >= 15 is 0 Å². The third-order valence-corrected chi connectivity index (χ3v) is 3.82. The van der Waals surface area contributed by atoms with Gasteiger partial charge in [-0.2, -0.15) is 0 Å². The normalized spacial score (nSPS) is 10.2. The Morgan fingerprint density at radius 3 is 2.65 bits per heavy atom. The summed E-state index contributed by atoms with van der Waals surface area (Å²) < 4.78 is 5.20. The number of hydrogen-bond acceptors (Lipinski definition) is 5. The predicted octanol–water partition coefficient (Wildman–Crippen LogP) is 3.47. The average Bonchev–Trinajstić information content (AvgIpc) is 2.67. The zero-order chi connectivity index (χ0) is 18.4. The second-order valence-electron chi connectivity index (χ2n) is 5.81. The molecule has 2 N–H and O–H groups in total. The molecule has 0 fully saturated rings. The van der Waals surface area contributed by atoms with Gasteiger partial charge in [-0.1, -0.05) is 35.9 Å². The predicted molar refractivity (Wildman–Crippen MR) is 101 cm³/mol. The van der Waals surface area contributed by atoms with E-state index in [1.165, 1.54) is 11.9 Å². The van der Waals surface area contributed by atoms with Crippen LogP contribution in [0.3, 0.4) is 0 Å². The number of amides is 1. The van der Waals surface area contributed by atoms with Crippen molar-refractivity contribution in [3.8, 4) is 5.75 Å². The topological polar surface area (TPSA) is 76.1 Å². The Morgan fingerprint density at radius 1 is 1.08 bits per heavy atom. The van der Waals surface area contributed by atoms with Crippen LogP contribution >= 0.6 is 0 Å². The Hall–Kier alpha value is -3.41. The van der Waals surface area contributed by atoms with Crippen molar-refractivity contribution in [2.75, 3.05) is 12.4 Å². The molecule has 0 atom stereocenters. The van der Waals surface area contributed by atoms with Gasteiger partial charge in [0.1, 0.15) is 23.6 Å². The lowest BCUT2D eigenvalue weighted by atomic mass is 10.1. The van der Waals surface area contributed by atoms with Crippen LogP contribution in [0.25, 0.3) is 0 Å². The van der Waals surface area contributed by atoms with Gasteiger partial charge in [0.2, 0.25) is 0 Å². The summed E-state index contributed by atoms with van der Waals surface area (Å²) in [5, 5.41) is 6.01. The fourth-order valence-electron chi connectivity index (χ4n) is 2.38. The number of methoxy groups -OCH3 is 1. The van der Waals surface area contributed by atoms with Crippen LogP contribution in [-0.4, -0.2) is 23.0 Å². The fourth-order valence-corrected chi connectivity index (χ4v) is 2.38. The maximum absolute atomic E-state index is 12.3. The smallest absolute Gasteiger partial charge is 0.270 e. The van der Waals surface area contributed by atoms with Gasteiger partial charge in [0, 0.05) is 24.4 Å². The quantitative estimate of drug-likeness (QED) is 0.713. The fraction of sp³-hybridized carbons (Fsp3) is 0.150. The van der Waals surface area contributed by atoms with Crippen molar-refractivity contribution in [1.29, 1.82) is 0 Å². The van der Waals surface area contributed by atoms with Gasteiger partial charge in [-0.25, -0.2) is 9.97 Å². The zero-order valence-corrected chi connectivity index (χ0v) is 14.7. The number of nitrogens with zero attached hydrogens (tertiary/aromatic N) is 2. The van der Waals surface area contributed by atoms with E-state index in [0.717, 1.165) is 17.0 Å². The second-order valence-corrected chi connectivity index (χ2v) is 5.81. The number of carbonyl (C=O) groups excluding carboxylic acids is 1. The molecule has 3 rings (SSSR count). The molecule has 1 amide bonds. The van der Waals surface area contributed by atoms with Crippen LogP contribution in [0.2, 0.25) is 0 Å². The van der Waals surface area contributed by atoms with Crippen LogP contribution in [0.5, 0.6) is 5.75 Å². The maximum atomic E-state index is 12.3. The summed E-state index contributed by atoms with van der Waals surface area (Å²) in [6.45, 7) is 2.47. The van der Waals surface area contributed by atoms with Crippen molar-refractivity contribution >= 4 is 17.4 Å². The first-order valence-corrected chi connectivity index (χ1v) is 8.21.